The molecule has 0 atom stereocenters. The van der Waals surface area contributed by atoms with Crippen LogP contribution in [0, 0.1) is 20.8 Å². The molecule has 1 N–H and O–H groups in total. The second kappa shape index (κ2) is 8.06. The summed E-state index contributed by atoms with van der Waals surface area (Å²) in [6.45, 7) is 5.53. The maximum atomic E-state index is 12.8. The van der Waals surface area contributed by atoms with E-state index in [-0.39, 0.29) is 23.8 Å². The van der Waals surface area contributed by atoms with Crippen LogP contribution in [-0.2, 0) is 11.8 Å². The quantitative estimate of drug-likeness (QED) is 0.650. The highest BCUT2D eigenvalue weighted by Gasteiger charge is 2.18. The molecule has 3 rings (SSSR count). The number of aryl methyl sites for hydroxylation is 2. The van der Waals surface area contributed by atoms with Crippen molar-refractivity contribution in [1.29, 1.82) is 0 Å². The van der Waals surface area contributed by atoms with Crippen molar-refractivity contribution >= 4 is 27.5 Å². The molecule has 0 unspecified atom stereocenters. The standard InChI is InChI=1S/C21H22BrN3O3/c1-13-10-17(11-14(2)19(13)22)28-12-18(26)23-20-15(3)24(4)25(21(20)27)16-8-6-5-7-9-16/h5-11H,12H2,1-4H3,(H,23,26). The van der Waals surface area contributed by atoms with Gasteiger partial charge in [-0.3, -0.25) is 14.3 Å². The number of carbonyl (C=O) groups is 1. The maximum absolute atomic E-state index is 12.8. The van der Waals surface area contributed by atoms with Crippen LogP contribution in [0.1, 0.15) is 16.8 Å². The molecule has 0 bridgehead atoms. The lowest BCUT2D eigenvalue weighted by molar-refractivity contribution is -0.118. The van der Waals surface area contributed by atoms with Crippen molar-refractivity contribution in [3.05, 3.63) is 74.1 Å². The van der Waals surface area contributed by atoms with Crippen LogP contribution in [0.2, 0.25) is 0 Å². The fourth-order valence-corrected chi connectivity index (χ4v) is 3.26. The lowest BCUT2D eigenvalue weighted by Gasteiger charge is -2.10. The van der Waals surface area contributed by atoms with Crippen molar-refractivity contribution in [2.45, 2.75) is 20.8 Å². The zero-order chi connectivity index (χ0) is 20.4. The van der Waals surface area contributed by atoms with Gasteiger partial charge in [0.05, 0.1) is 11.4 Å². The highest BCUT2D eigenvalue weighted by atomic mass is 79.9. The molecule has 0 saturated carbocycles. The summed E-state index contributed by atoms with van der Waals surface area (Å²) in [7, 11) is 1.78. The number of nitrogens with zero attached hydrogens (tertiary/aromatic N) is 2. The van der Waals surface area contributed by atoms with E-state index in [9.17, 15) is 9.59 Å². The Kier molecular flexibility index (Phi) is 5.74. The number of carbonyl (C=O) groups excluding carboxylic acids is 1. The third-order valence-electron chi connectivity index (χ3n) is 4.60. The average Bonchev–Trinajstić information content (AvgIpc) is 2.88. The summed E-state index contributed by atoms with van der Waals surface area (Å²) >= 11 is 3.51. The van der Waals surface area contributed by atoms with Crippen molar-refractivity contribution < 1.29 is 9.53 Å². The van der Waals surface area contributed by atoms with Gasteiger partial charge < -0.3 is 10.1 Å². The molecule has 3 aromatic rings. The van der Waals surface area contributed by atoms with Gasteiger partial charge in [-0.05, 0) is 56.2 Å². The molecule has 1 amide bonds. The van der Waals surface area contributed by atoms with Gasteiger partial charge in [0, 0.05) is 11.5 Å². The van der Waals surface area contributed by atoms with E-state index in [1.807, 2.05) is 56.3 Å². The summed E-state index contributed by atoms with van der Waals surface area (Å²) in [5.41, 5.74) is 3.42. The van der Waals surface area contributed by atoms with Crippen molar-refractivity contribution in [3.63, 3.8) is 0 Å². The third kappa shape index (κ3) is 3.89. The smallest absolute Gasteiger partial charge is 0.295 e. The van der Waals surface area contributed by atoms with Gasteiger partial charge in [-0.25, -0.2) is 4.68 Å². The van der Waals surface area contributed by atoms with Crippen LogP contribution in [0.5, 0.6) is 5.75 Å². The van der Waals surface area contributed by atoms with Crippen molar-refractivity contribution in [3.8, 4) is 11.4 Å². The molecule has 7 heteroatoms. The topological polar surface area (TPSA) is 65.3 Å². The van der Waals surface area contributed by atoms with E-state index in [2.05, 4.69) is 21.2 Å². The van der Waals surface area contributed by atoms with Gasteiger partial charge in [0.15, 0.2) is 6.61 Å². The highest BCUT2D eigenvalue weighted by Crippen LogP contribution is 2.26. The number of benzene rings is 2. The van der Waals surface area contributed by atoms with E-state index in [4.69, 9.17) is 4.74 Å². The largest absolute Gasteiger partial charge is 0.484 e. The Morgan fingerprint density at radius 1 is 1.11 bits per heavy atom. The second-order valence-electron chi connectivity index (χ2n) is 6.64. The lowest BCUT2D eigenvalue weighted by Crippen LogP contribution is -2.25. The molecule has 0 aliphatic heterocycles. The molecule has 0 saturated heterocycles. The zero-order valence-electron chi connectivity index (χ0n) is 16.2. The molecule has 1 heterocycles. The number of nitrogens with one attached hydrogen (secondary N) is 1. The van der Waals surface area contributed by atoms with Crippen molar-refractivity contribution in [2.24, 2.45) is 7.05 Å². The van der Waals surface area contributed by atoms with Gasteiger partial charge in [0.25, 0.3) is 11.5 Å². The summed E-state index contributed by atoms with van der Waals surface area (Å²) in [6.07, 6.45) is 0. The normalized spacial score (nSPS) is 10.8. The molecular weight excluding hydrogens is 422 g/mol. The van der Waals surface area contributed by atoms with Gasteiger partial charge in [0.2, 0.25) is 0 Å². The first-order valence-corrected chi connectivity index (χ1v) is 9.62. The summed E-state index contributed by atoms with van der Waals surface area (Å²) in [6, 6.07) is 13.0. The molecule has 2 aromatic carbocycles. The van der Waals surface area contributed by atoms with Crippen LogP contribution in [0.25, 0.3) is 5.69 Å². The minimum atomic E-state index is -0.385. The Labute approximate surface area is 171 Å². The maximum Gasteiger partial charge on any atom is 0.295 e. The first-order chi connectivity index (χ1) is 13.3. The molecule has 6 nitrogen and oxygen atoms in total. The second-order valence-corrected chi connectivity index (χ2v) is 7.44. The Morgan fingerprint density at radius 2 is 1.71 bits per heavy atom. The minimum Gasteiger partial charge on any atom is -0.484 e. The van der Waals surface area contributed by atoms with E-state index in [1.165, 1.54) is 4.68 Å². The molecule has 0 aliphatic carbocycles. The molecule has 0 spiro atoms. The van der Waals surface area contributed by atoms with Gasteiger partial charge in [-0.1, -0.05) is 34.1 Å². The lowest BCUT2D eigenvalue weighted by atomic mass is 10.1. The van der Waals surface area contributed by atoms with Gasteiger partial charge >= 0.3 is 0 Å². The highest BCUT2D eigenvalue weighted by molar-refractivity contribution is 9.10. The van der Waals surface area contributed by atoms with Crippen molar-refractivity contribution in [2.75, 3.05) is 11.9 Å². The first-order valence-electron chi connectivity index (χ1n) is 8.83. The van der Waals surface area contributed by atoms with Crippen LogP contribution in [-0.4, -0.2) is 21.9 Å². The number of aromatic nitrogens is 2. The van der Waals surface area contributed by atoms with E-state index in [1.54, 1.807) is 18.7 Å². The van der Waals surface area contributed by atoms with E-state index in [0.29, 0.717) is 11.4 Å². The number of halogens is 1. The fraction of sp³-hybridized carbons (Fsp3) is 0.238. The predicted octanol–water partition coefficient (Wildman–Crippen LogP) is 3.88. The molecule has 0 radical (unpaired) electrons. The van der Waals surface area contributed by atoms with Crippen LogP contribution in [0.4, 0.5) is 5.69 Å². The van der Waals surface area contributed by atoms with E-state index < -0.39 is 0 Å². The number of hydrogen-bond acceptors (Lipinski definition) is 3. The summed E-state index contributed by atoms with van der Waals surface area (Å²) in [4.78, 5) is 25.2. The molecule has 0 fully saturated rings. The Bertz CT molecular complexity index is 1060. The molecule has 146 valence electrons. The molecular formula is C21H22BrN3O3. The number of anilines is 1. The van der Waals surface area contributed by atoms with Crippen molar-refractivity contribution in [1.82, 2.24) is 9.36 Å². The van der Waals surface area contributed by atoms with Gasteiger partial charge in [-0.15, -0.1) is 0 Å². The fourth-order valence-electron chi connectivity index (χ4n) is 3.03. The Balaban J connectivity index is 1.77. The monoisotopic (exact) mass is 443 g/mol. The number of amides is 1. The van der Waals surface area contributed by atoms with Gasteiger partial charge in [-0.2, -0.15) is 0 Å². The number of para-hydroxylation sites is 1. The van der Waals surface area contributed by atoms with E-state index >= 15 is 0 Å². The predicted molar refractivity (Wildman–Crippen MR) is 113 cm³/mol. The van der Waals surface area contributed by atoms with E-state index in [0.717, 1.165) is 21.3 Å². The number of hydrogen-bond donors (Lipinski definition) is 1. The molecule has 1 aromatic heterocycles. The van der Waals surface area contributed by atoms with Gasteiger partial charge in [0.1, 0.15) is 11.4 Å². The van der Waals surface area contributed by atoms with Crippen LogP contribution in [0.15, 0.2) is 51.7 Å². The molecule has 28 heavy (non-hydrogen) atoms. The van der Waals surface area contributed by atoms with Crippen LogP contribution >= 0.6 is 15.9 Å². The Morgan fingerprint density at radius 3 is 2.32 bits per heavy atom. The SMILES string of the molecule is Cc1cc(OCC(=O)Nc2c(C)n(C)n(-c3ccccc3)c2=O)cc(C)c1Br. The number of ether oxygens (including phenoxy) is 1. The Hall–Kier alpha value is -2.80. The van der Waals surface area contributed by atoms with Crippen LogP contribution < -0.4 is 15.6 Å². The third-order valence-corrected chi connectivity index (χ3v) is 5.85. The first kappa shape index (κ1) is 19.9. The summed E-state index contributed by atoms with van der Waals surface area (Å²) in [5, 5.41) is 2.69. The summed E-state index contributed by atoms with van der Waals surface area (Å²) in [5.74, 6) is 0.226. The summed E-state index contributed by atoms with van der Waals surface area (Å²) < 4.78 is 9.87. The minimum absolute atomic E-state index is 0.181. The zero-order valence-corrected chi connectivity index (χ0v) is 17.8. The molecule has 0 aliphatic rings. The average molecular weight is 444 g/mol. The number of rotatable bonds is 5. The van der Waals surface area contributed by atoms with Crippen LogP contribution in [0.3, 0.4) is 0 Å².